The molecule has 0 spiro atoms. The first kappa shape index (κ1) is 16.5. The maximum atomic E-state index is 12.5. The first-order valence-corrected chi connectivity index (χ1v) is 7.38. The van der Waals surface area contributed by atoms with Crippen LogP contribution in [0.15, 0.2) is 54.2 Å². The Kier molecular flexibility index (Phi) is 5.31. The molecule has 0 aliphatic carbocycles. The summed E-state index contributed by atoms with van der Waals surface area (Å²) in [6.07, 6.45) is 1.65. The van der Waals surface area contributed by atoms with Gasteiger partial charge in [-0.1, -0.05) is 36.4 Å². The summed E-state index contributed by atoms with van der Waals surface area (Å²) in [6, 6.07) is 15.2. The van der Waals surface area contributed by atoms with Crippen molar-refractivity contribution in [2.45, 2.75) is 20.8 Å². The average molecular weight is 308 g/mol. The minimum Gasteiger partial charge on any atom is -0.322 e. The maximum Gasteiger partial charge on any atom is 0.272 e. The Balaban J connectivity index is 2.26. The highest BCUT2D eigenvalue weighted by Gasteiger charge is 2.12. The van der Waals surface area contributed by atoms with Crippen LogP contribution < -0.4 is 10.6 Å². The van der Waals surface area contributed by atoms with Crippen LogP contribution in [0.4, 0.5) is 5.69 Å². The van der Waals surface area contributed by atoms with Gasteiger partial charge in [-0.05, 0) is 48.7 Å². The Bertz CT molecular complexity index is 729. The summed E-state index contributed by atoms with van der Waals surface area (Å²) in [7, 11) is 0. The standard InChI is InChI=1S/C19H20N2O2/c1-13-9-14(2)11-17(10-13)21-19(23)18(20-15(3)22)12-16-7-5-4-6-8-16/h4-12H,1-3H3,(H,20,22)(H,21,23)/b18-12-. The third kappa shape index (κ3) is 5.11. The molecule has 2 aromatic carbocycles. The number of hydrogen-bond donors (Lipinski definition) is 2. The van der Waals surface area contributed by atoms with Crippen molar-refractivity contribution in [3.8, 4) is 0 Å². The number of carbonyl (C=O) groups excluding carboxylic acids is 2. The van der Waals surface area contributed by atoms with Gasteiger partial charge in [-0.25, -0.2) is 0 Å². The lowest BCUT2D eigenvalue weighted by atomic mass is 10.1. The summed E-state index contributed by atoms with van der Waals surface area (Å²) in [4.78, 5) is 23.9. The zero-order valence-corrected chi connectivity index (χ0v) is 13.5. The lowest BCUT2D eigenvalue weighted by Gasteiger charge is -2.11. The summed E-state index contributed by atoms with van der Waals surface area (Å²) in [6.45, 7) is 5.32. The topological polar surface area (TPSA) is 58.2 Å². The number of nitrogens with one attached hydrogen (secondary N) is 2. The molecular formula is C19H20N2O2. The van der Waals surface area contributed by atoms with Crippen LogP contribution in [0.3, 0.4) is 0 Å². The van der Waals surface area contributed by atoms with Crippen molar-refractivity contribution in [3.05, 3.63) is 70.9 Å². The monoisotopic (exact) mass is 308 g/mol. The number of anilines is 1. The summed E-state index contributed by atoms with van der Waals surface area (Å²) < 4.78 is 0. The Morgan fingerprint density at radius 3 is 2.13 bits per heavy atom. The Morgan fingerprint density at radius 2 is 1.57 bits per heavy atom. The van der Waals surface area contributed by atoms with Gasteiger partial charge >= 0.3 is 0 Å². The number of rotatable bonds is 4. The quantitative estimate of drug-likeness (QED) is 0.850. The van der Waals surface area contributed by atoms with E-state index in [0.29, 0.717) is 5.69 Å². The van der Waals surface area contributed by atoms with Gasteiger partial charge in [0.05, 0.1) is 0 Å². The fraction of sp³-hybridized carbons (Fsp3) is 0.158. The van der Waals surface area contributed by atoms with E-state index in [-0.39, 0.29) is 17.5 Å². The first-order chi connectivity index (χ1) is 10.9. The molecule has 0 atom stereocenters. The number of aryl methyl sites for hydroxylation is 2. The number of benzene rings is 2. The molecule has 2 rings (SSSR count). The van der Waals surface area contributed by atoms with E-state index in [1.165, 1.54) is 6.92 Å². The normalized spacial score (nSPS) is 11.0. The molecule has 4 nitrogen and oxygen atoms in total. The molecule has 2 amide bonds. The molecule has 0 saturated heterocycles. The highest BCUT2D eigenvalue weighted by molar-refractivity contribution is 6.08. The van der Waals surface area contributed by atoms with E-state index in [1.54, 1.807) is 6.08 Å². The van der Waals surface area contributed by atoms with Crippen LogP contribution in [0.5, 0.6) is 0 Å². The van der Waals surface area contributed by atoms with Gasteiger partial charge < -0.3 is 10.6 Å². The predicted molar refractivity (Wildman–Crippen MR) is 92.8 cm³/mol. The van der Waals surface area contributed by atoms with Gasteiger partial charge in [0.2, 0.25) is 5.91 Å². The van der Waals surface area contributed by atoms with E-state index in [2.05, 4.69) is 10.6 Å². The van der Waals surface area contributed by atoms with Gasteiger partial charge in [0.25, 0.3) is 5.91 Å². The average Bonchev–Trinajstić information content (AvgIpc) is 2.46. The van der Waals surface area contributed by atoms with Gasteiger partial charge in [0.1, 0.15) is 5.70 Å². The number of carbonyl (C=O) groups is 2. The van der Waals surface area contributed by atoms with Crippen molar-refractivity contribution >= 4 is 23.6 Å². The van der Waals surface area contributed by atoms with Crippen molar-refractivity contribution in [3.63, 3.8) is 0 Å². The molecule has 0 aromatic heterocycles. The van der Waals surface area contributed by atoms with Crippen LogP contribution >= 0.6 is 0 Å². The van der Waals surface area contributed by atoms with Crippen molar-refractivity contribution in [1.29, 1.82) is 0 Å². The van der Waals surface area contributed by atoms with Crippen LogP contribution in [0.1, 0.15) is 23.6 Å². The van der Waals surface area contributed by atoms with E-state index in [0.717, 1.165) is 16.7 Å². The Labute approximate surface area is 136 Å². The fourth-order valence-corrected chi connectivity index (χ4v) is 2.31. The molecule has 0 aliphatic rings. The van der Waals surface area contributed by atoms with Gasteiger partial charge in [0, 0.05) is 12.6 Å². The summed E-state index contributed by atoms with van der Waals surface area (Å²) in [5.74, 6) is -0.642. The molecule has 0 unspecified atom stereocenters. The van der Waals surface area contributed by atoms with E-state index in [4.69, 9.17) is 0 Å². The lowest BCUT2D eigenvalue weighted by Crippen LogP contribution is -2.29. The summed E-state index contributed by atoms with van der Waals surface area (Å²) in [5.41, 5.74) is 3.88. The zero-order chi connectivity index (χ0) is 16.8. The van der Waals surface area contributed by atoms with Gasteiger partial charge in [-0.15, -0.1) is 0 Å². The molecular weight excluding hydrogens is 288 g/mol. The molecule has 0 saturated carbocycles. The highest BCUT2D eigenvalue weighted by atomic mass is 16.2. The van der Waals surface area contributed by atoms with E-state index in [9.17, 15) is 9.59 Å². The summed E-state index contributed by atoms with van der Waals surface area (Å²) in [5, 5.41) is 5.42. The second-order valence-electron chi connectivity index (χ2n) is 5.48. The molecule has 0 fully saturated rings. The van der Waals surface area contributed by atoms with Crippen LogP contribution in [-0.2, 0) is 9.59 Å². The smallest absolute Gasteiger partial charge is 0.272 e. The van der Waals surface area contributed by atoms with Gasteiger partial charge in [-0.3, -0.25) is 9.59 Å². The Hall–Kier alpha value is -2.88. The van der Waals surface area contributed by atoms with Gasteiger partial charge in [0.15, 0.2) is 0 Å². The maximum absolute atomic E-state index is 12.5. The molecule has 0 radical (unpaired) electrons. The molecule has 0 heterocycles. The molecule has 118 valence electrons. The summed E-state index contributed by atoms with van der Waals surface area (Å²) >= 11 is 0. The minimum atomic E-state index is -0.353. The molecule has 4 heteroatoms. The predicted octanol–water partition coefficient (Wildman–Crippen LogP) is 3.42. The number of amides is 2. The molecule has 2 aromatic rings. The van der Waals surface area contributed by atoms with Crippen LogP contribution in [0.2, 0.25) is 0 Å². The van der Waals surface area contributed by atoms with Crippen molar-refractivity contribution in [2.24, 2.45) is 0 Å². The van der Waals surface area contributed by atoms with Crippen molar-refractivity contribution in [2.75, 3.05) is 5.32 Å². The second kappa shape index (κ2) is 7.40. The third-order valence-corrected chi connectivity index (χ3v) is 3.15. The second-order valence-corrected chi connectivity index (χ2v) is 5.48. The number of hydrogen-bond acceptors (Lipinski definition) is 2. The zero-order valence-electron chi connectivity index (χ0n) is 13.5. The van der Waals surface area contributed by atoms with Crippen LogP contribution in [0.25, 0.3) is 6.08 Å². The van der Waals surface area contributed by atoms with Crippen molar-refractivity contribution in [1.82, 2.24) is 5.32 Å². The van der Waals surface area contributed by atoms with E-state index < -0.39 is 0 Å². The molecule has 0 aliphatic heterocycles. The molecule has 23 heavy (non-hydrogen) atoms. The molecule has 2 N–H and O–H groups in total. The van der Waals surface area contributed by atoms with Crippen molar-refractivity contribution < 1.29 is 9.59 Å². The third-order valence-electron chi connectivity index (χ3n) is 3.15. The van der Waals surface area contributed by atoms with Gasteiger partial charge in [-0.2, -0.15) is 0 Å². The van der Waals surface area contributed by atoms with E-state index >= 15 is 0 Å². The van der Waals surface area contributed by atoms with Crippen LogP contribution in [-0.4, -0.2) is 11.8 Å². The largest absolute Gasteiger partial charge is 0.322 e. The Morgan fingerprint density at radius 1 is 0.957 bits per heavy atom. The fourth-order valence-electron chi connectivity index (χ4n) is 2.31. The highest BCUT2D eigenvalue weighted by Crippen LogP contribution is 2.15. The first-order valence-electron chi connectivity index (χ1n) is 7.38. The minimum absolute atomic E-state index is 0.211. The lowest BCUT2D eigenvalue weighted by molar-refractivity contribution is -0.120. The van der Waals surface area contributed by atoms with Crippen LogP contribution in [0, 0.1) is 13.8 Å². The van der Waals surface area contributed by atoms with E-state index in [1.807, 2.05) is 62.4 Å². The molecule has 0 bridgehead atoms. The SMILES string of the molecule is CC(=O)N/C(=C\c1ccccc1)C(=O)Nc1cc(C)cc(C)c1.